The molecule has 0 atom stereocenters. The van der Waals surface area contributed by atoms with Gasteiger partial charge in [0.2, 0.25) is 0 Å². The molecule has 5 rings (SSSR count). The third-order valence-corrected chi connectivity index (χ3v) is 6.34. The molecule has 27 heavy (non-hydrogen) atoms. The zero-order valence-corrected chi connectivity index (χ0v) is 15.3. The van der Waals surface area contributed by atoms with Crippen LogP contribution in [0.5, 0.6) is 5.75 Å². The van der Waals surface area contributed by atoms with Gasteiger partial charge in [-0.25, -0.2) is 9.37 Å². The van der Waals surface area contributed by atoms with E-state index >= 15 is 0 Å². The third-order valence-electron chi connectivity index (χ3n) is 4.34. The number of halogens is 1. The number of hydrogen-bond acceptors (Lipinski definition) is 5. The van der Waals surface area contributed by atoms with Crippen LogP contribution in [0.15, 0.2) is 58.7 Å². The number of H-pyrrole nitrogens is 1. The fraction of sp³-hybridized carbons (Fsp3) is 0. The topological polar surface area (TPSA) is 66.0 Å². The quantitative estimate of drug-likeness (QED) is 0.423. The molecule has 0 saturated heterocycles. The lowest BCUT2D eigenvalue weighted by Gasteiger charge is -2.07. The van der Waals surface area contributed by atoms with Crippen LogP contribution >= 0.6 is 22.7 Å². The summed E-state index contributed by atoms with van der Waals surface area (Å²) < 4.78 is 14.0. The summed E-state index contributed by atoms with van der Waals surface area (Å²) in [5.74, 6) is -0.386. The number of fused-ring (bicyclic) bond motifs is 3. The summed E-state index contributed by atoms with van der Waals surface area (Å²) in [6.07, 6.45) is 0. The Labute approximate surface area is 160 Å². The van der Waals surface area contributed by atoms with Gasteiger partial charge in [-0.3, -0.25) is 4.79 Å². The van der Waals surface area contributed by atoms with E-state index in [9.17, 15) is 14.3 Å². The molecule has 0 spiro atoms. The fourth-order valence-corrected chi connectivity index (χ4v) is 4.91. The van der Waals surface area contributed by atoms with Crippen molar-refractivity contribution in [1.29, 1.82) is 0 Å². The van der Waals surface area contributed by atoms with E-state index in [1.807, 2.05) is 23.6 Å². The van der Waals surface area contributed by atoms with Crippen LogP contribution in [0.2, 0.25) is 0 Å². The van der Waals surface area contributed by atoms with Crippen LogP contribution < -0.4 is 5.56 Å². The zero-order valence-electron chi connectivity index (χ0n) is 13.7. The number of nitrogens with one attached hydrogen (secondary N) is 1. The molecule has 132 valence electrons. The van der Waals surface area contributed by atoms with Crippen molar-refractivity contribution in [2.45, 2.75) is 0 Å². The number of nitrogens with zero attached hydrogens (tertiary/aromatic N) is 1. The molecule has 5 aromatic rings. The van der Waals surface area contributed by atoms with Crippen LogP contribution in [0.3, 0.4) is 0 Å². The standard InChI is InChI=1S/C20H11FN2O2S2/c21-11-5-3-10(4-6-11)12-8-13(15-2-1-7-26-15)22-20-17(12)18-19(27-20)14(24)9-16(25)23-18/h1-9H,(H2,23,24,25). The van der Waals surface area contributed by atoms with E-state index in [1.54, 1.807) is 23.5 Å². The van der Waals surface area contributed by atoms with E-state index in [4.69, 9.17) is 4.98 Å². The number of thiophene rings is 2. The molecule has 0 amide bonds. The smallest absolute Gasteiger partial charge is 0.252 e. The predicted molar refractivity (Wildman–Crippen MR) is 108 cm³/mol. The predicted octanol–water partition coefficient (Wildman–Crippen LogP) is 5.38. The SMILES string of the molecule is O=c1cc(O)c2sc3nc(-c4cccs4)cc(-c4ccc(F)cc4)c3c2[nH]1. The van der Waals surface area contributed by atoms with Gasteiger partial charge in [0.25, 0.3) is 5.56 Å². The van der Waals surface area contributed by atoms with Crippen LogP contribution in [0.4, 0.5) is 4.39 Å². The summed E-state index contributed by atoms with van der Waals surface area (Å²) in [5, 5.41) is 12.9. The zero-order chi connectivity index (χ0) is 18.5. The van der Waals surface area contributed by atoms with Crippen LogP contribution in [0.25, 0.3) is 42.1 Å². The van der Waals surface area contributed by atoms with Crippen molar-refractivity contribution < 1.29 is 9.50 Å². The molecule has 0 aliphatic rings. The van der Waals surface area contributed by atoms with Crippen molar-refractivity contribution >= 4 is 43.1 Å². The van der Waals surface area contributed by atoms with E-state index in [0.717, 1.165) is 33.2 Å². The van der Waals surface area contributed by atoms with Gasteiger partial charge in [0, 0.05) is 11.5 Å². The summed E-state index contributed by atoms with van der Waals surface area (Å²) in [4.78, 5) is 21.2. The fourth-order valence-electron chi connectivity index (χ4n) is 3.15. The molecule has 7 heteroatoms. The van der Waals surface area contributed by atoms with Gasteiger partial charge in [0.15, 0.2) is 0 Å². The highest BCUT2D eigenvalue weighted by Gasteiger charge is 2.18. The minimum absolute atomic E-state index is 0.0699. The maximum absolute atomic E-state index is 13.4. The minimum Gasteiger partial charge on any atom is -0.506 e. The number of pyridine rings is 2. The Morgan fingerprint density at radius 1 is 1.11 bits per heavy atom. The molecule has 2 N–H and O–H groups in total. The van der Waals surface area contributed by atoms with E-state index < -0.39 is 0 Å². The van der Waals surface area contributed by atoms with Crippen molar-refractivity contribution in [3.05, 3.63) is 70.1 Å². The molecule has 0 unspecified atom stereocenters. The molecule has 0 bridgehead atoms. The van der Waals surface area contributed by atoms with Crippen molar-refractivity contribution in [2.75, 3.05) is 0 Å². The Morgan fingerprint density at radius 3 is 2.67 bits per heavy atom. The average Bonchev–Trinajstić information content (AvgIpc) is 3.30. The number of rotatable bonds is 2. The summed E-state index contributed by atoms with van der Waals surface area (Å²) in [6, 6.07) is 13.3. The summed E-state index contributed by atoms with van der Waals surface area (Å²) in [5.41, 5.74) is 2.60. The Balaban J connectivity index is 1.94. The summed E-state index contributed by atoms with van der Waals surface area (Å²) in [6.45, 7) is 0. The van der Waals surface area contributed by atoms with E-state index in [2.05, 4.69) is 4.98 Å². The second-order valence-electron chi connectivity index (χ2n) is 6.04. The second kappa shape index (κ2) is 6.00. The molecule has 0 radical (unpaired) electrons. The van der Waals surface area contributed by atoms with Gasteiger partial charge in [0.05, 0.1) is 20.8 Å². The highest BCUT2D eigenvalue weighted by Crippen LogP contribution is 2.42. The Bertz CT molecular complexity index is 1350. The van der Waals surface area contributed by atoms with Crippen molar-refractivity contribution in [2.24, 2.45) is 0 Å². The Hall–Kier alpha value is -3.03. The molecule has 1 aromatic carbocycles. The van der Waals surface area contributed by atoms with Crippen LogP contribution in [-0.2, 0) is 0 Å². The van der Waals surface area contributed by atoms with E-state index in [1.165, 1.54) is 23.5 Å². The summed E-state index contributed by atoms with van der Waals surface area (Å²) >= 11 is 2.90. The molecule has 4 nitrogen and oxygen atoms in total. The van der Waals surface area contributed by atoms with Crippen molar-refractivity contribution in [3.63, 3.8) is 0 Å². The maximum atomic E-state index is 13.4. The van der Waals surface area contributed by atoms with Crippen molar-refractivity contribution in [3.8, 4) is 27.4 Å². The van der Waals surface area contributed by atoms with E-state index in [0.29, 0.717) is 15.0 Å². The highest BCUT2D eigenvalue weighted by molar-refractivity contribution is 7.25. The molecule has 0 aliphatic carbocycles. The van der Waals surface area contributed by atoms with Gasteiger partial charge >= 0.3 is 0 Å². The molecule has 4 heterocycles. The first-order valence-corrected chi connectivity index (χ1v) is 9.79. The van der Waals surface area contributed by atoms with Crippen molar-refractivity contribution in [1.82, 2.24) is 9.97 Å². The number of aromatic amines is 1. The average molecular weight is 394 g/mol. The Kier molecular flexibility index (Phi) is 3.60. The first-order valence-electron chi connectivity index (χ1n) is 8.09. The number of aromatic hydroxyl groups is 1. The first kappa shape index (κ1) is 16.2. The lowest BCUT2D eigenvalue weighted by Crippen LogP contribution is -2.02. The maximum Gasteiger partial charge on any atom is 0.252 e. The van der Waals surface area contributed by atoms with Gasteiger partial charge in [-0.05, 0) is 40.8 Å². The lowest BCUT2D eigenvalue weighted by molar-refractivity contribution is 0.481. The largest absolute Gasteiger partial charge is 0.506 e. The number of benzene rings is 1. The molecule has 0 saturated carbocycles. The molecule has 4 aromatic heterocycles. The second-order valence-corrected chi connectivity index (χ2v) is 7.99. The molecule has 0 fully saturated rings. The van der Waals surface area contributed by atoms with Crippen LogP contribution in [0.1, 0.15) is 0 Å². The van der Waals surface area contributed by atoms with Gasteiger partial charge in [-0.2, -0.15) is 0 Å². The van der Waals surface area contributed by atoms with Crippen LogP contribution in [0, 0.1) is 5.82 Å². The number of aromatic nitrogens is 2. The Morgan fingerprint density at radius 2 is 1.93 bits per heavy atom. The first-order chi connectivity index (χ1) is 13.1. The van der Waals surface area contributed by atoms with Gasteiger partial charge < -0.3 is 10.1 Å². The third kappa shape index (κ3) is 2.63. The minimum atomic E-state index is -0.382. The molecule has 0 aliphatic heterocycles. The lowest BCUT2D eigenvalue weighted by atomic mass is 10.0. The molecular weight excluding hydrogens is 383 g/mol. The van der Waals surface area contributed by atoms with Crippen LogP contribution in [-0.4, -0.2) is 15.1 Å². The van der Waals surface area contributed by atoms with Gasteiger partial charge in [-0.15, -0.1) is 22.7 Å². The normalized spacial score (nSPS) is 11.4. The number of hydrogen-bond donors (Lipinski definition) is 2. The van der Waals surface area contributed by atoms with E-state index in [-0.39, 0.29) is 17.1 Å². The van der Waals surface area contributed by atoms with Gasteiger partial charge in [-0.1, -0.05) is 18.2 Å². The highest BCUT2D eigenvalue weighted by atomic mass is 32.1. The monoisotopic (exact) mass is 394 g/mol. The summed E-state index contributed by atoms with van der Waals surface area (Å²) in [7, 11) is 0. The molecular formula is C20H11FN2O2S2. The van der Waals surface area contributed by atoms with Gasteiger partial charge in [0.1, 0.15) is 16.4 Å².